The van der Waals surface area contributed by atoms with E-state index in [4.69, 9.17) is 0 Å². The second-order valence-electron chi connectivity index (χ2n) is 7.27. The first-order valence-corrected chi connectivity index (χ1v) is 12.1. The summed E-state index contributed by atoms with van der Waals surface area (Å²) in [4.78, 5) is 25.1. The molecule has 0 atom stereocenters. The lowest BCUT2D eigenvalue weighted by atomic mass is 9.98. The van der Waals surface area contributed by atoms with Crippen LogP contribution in [-0.2, 0) is 6.54 Å². The number of carbonyl (C=O) groups is 1. The van der Waals surface area contributed by atoms with E-state index in [1.54, 1.807) is 14.1 Å². The number of nitrogens with one attached hydrogen (secondary N) is 1. The van der Waals surface area contributed by atoms with Crippen LogP contribution in [0, 0.1) is 0 Å². The van der Waals surface area contributed by atoms with Crippen molar-refractivity contribution in [2.75, 3.05) is 9.74 Å². The maximum Gasteiger partial charge on any atom is 0.255 e. The van der Waals surface area contributed by atoms with Gasteiger partial charge in [0, 0.05) is 33.7 Å². The minimum Gasteiger partial charge on any atom is -0.322 e. The van der Waals surface area contributed by atoms with E-state index in [0.29, 0.717) is 12.1 Å². The number of hydrogen-bond acceptors (Lipinski definition) is 2. The first-order valence-electron chi connectivity index (χ1n) is 9.52. The van der Waals surface area contributed by atoms with Crippen molar-refractivity contribution in [3.05, 3.63) is 75.6 Å². The topological polar surface area (TPSA) is 51.1 Å². The number of hydrogen-bond donors (Lipinski definition) is 1. The first-order chi connectivity index (χ1) is 13.5. The fourth-order valence-corrected chi connectivity index (χ4v) is 4.92. The number of carbonyl (C=O) groups excluding carboxylic acids is 1. The van der Waals surface area contributed by atoms with E-state index >= 15 is 0 Å². The van der Waals surface area contributed by atoms with Crippen molar-refractivity contribution in [2.24, 2.45) is 0 Å². The smallest absolute Gasteiger partial charge is 0.255 e. The van der Waals surface area contributed by atoms with Crippen molar-refractivity contribution in [3.63, 3.8) is 0 Å². The van der Waals surface area contributed by atoms with Gasteiger partial charge in [0.1, 0.15) is 0 Å². The standard InChI is InChI=1S/C23H23IN2O2/c1-4-26-21-10-9-17(11-19(21)18(14(2)3)12-22(26)27)25-23(28)16-7-5-15(6-8-16)20-13-24-20/h5-12,14H,4,13H2,1-3H3,(H,25,28). The second kappa shape index (κ2) is 7.62. The molecule has 144 valence electrons. The Kier molecular flexibility index (Phi) is 5.19. The summed E-state index contributed by atoms with van der Waals surface area (Å²) in [7, 11) is 0. The van der Waals surface area contributed by atoms with Crippen LogP contribution >= 0.6 is 20.7 Å². The number of nitrogens with zero attached hydrogens (tertiary/aromatic N) is 1. The van der Waals surface area contributed by atoms with E-state index in [1.165, 1.54) is 9.99 Å². The summed E-state index contributed by atoms with van der Waals surface area (Å²) < 4.78 is 4.62. The molecule has 4 nitrogen and oxygen atoms in total. The van der Waals surface area contributed by atoms with Crippen LogP contribution < -0.4 is 10.9 Å². The molecule has 0 bridgehead atoms. The van der Waals surface area contributed by atoms with Gasteiger partial charge in [-0.2, -0.15) is 0 Å². The van der Waals surface area contributed by atoms with E-state index in [-0.39, 0.29) is 38.1 Å². The van der Waals surface area contributed by atoms with Crippen LogP contribution in [0.3, 0.4) is 0 Å². The summed E-state index contributed by atoms with van der Waals surface area (Å²) in [6.45, 7) is 6.75. The second-order valence-corrected chi connectivity index (χ2v) is 10.1. The number of anilines is 1. The van der Waals surface area contributed by atoms with Gasteiger partial charge in [-0.05, 0) is 57.8 Å². The Bertz CT molecular complexity index is 1160. The van der Waals surface area contributed by atoms with E-state index in [1.807, 2.05) is 49.4 Å². The average molecular weight is 486 g/mol. The number of halogens is 1. The Morgan fingerprint density at radius 3 is 2.46 bits per heavy atom. The molecule has 1 amide bonds. The number of aryl methyl sites for hydroxylation is 1. The number of benzene rings is 2. The van der Waals surface area contributed by atoms with Crippen LogP contribution in [0.5, 0.6) is 0 Å². The molecule has 0 radical (unpaired) electrons. The summed E-state index contributed by atoms with van der Waals surface area (Å²) in [6.07, 6.45) is 0. The van der Waals surface area contributed by atoms with Crippen LogP contribution in [0.4, 0.5) is 5.69 Å². The highest BCUT2D eigenvalue weighted by Gasteiger charge is 2.14. The average Bonchev–Trinajstić information content (AvgIpc) is 3.53. The summed E-state index contributed by atoms with van der Waals surface area (Å²) in [6, 6.07) is 15.4. The van der Waals surface area contributed by atoms with Crippen molar-refractivity contribution >= 4 is 46.7 Å². The molecule has 1 aliphatic heterocycles. The Balaban J connectivity index is 1.67. The van der Waals surface area contributed by atoms with E-state index in [2.05, 4.69) is 19.2 Å². The van der Waals surface area contributed by atoms with Crippen LogP contribution in [0.25, 0.3) is 10.9 Å². The molecule has 1 aromatic heterocycles. The van der Waals surface area contributed by atoms with E-state index in [9.17, 15) is 9.59 Å². The Hall–Kier alpha value is -2.28. The van der Waals surface area contributed by atoms with E-state index < -0.39 is 0 Å². The summed E-state index contributed by atoms with van der Waals surface area (Å²) >= 11 is 0.288. The zero-order chi connectivity index (χ0) is 19.8. The van der Waals surface area contributed by atoms with E-state index in [0.717, 1.165) is 22.2 Å². The summed E-state index contributed by atoms with van der Waals surface area (Å²) in [5.74, 6) is 0.110. The van der Waals surface area contributed by atoms with Gasteiger partial charge < -0.3 is 9.88 Å². The number of amides is 1. The van der Waals surface area contributed by atoms with Crippen LogP contribution in [0.2, 0.25) is 0 Å². The number of fused-ring (bicyclic) bond motifs is 1. The van der Waals surface area contributed by atoms with Gasteiger partial charge in [0.05, 0.1) is 5.52 Å². The number of aromatic nitrogens is 1. The van der Waals surface area contributed by atoms with Crippen LogP contribution in [0.1, 0.15) is 48.2 Å². The van der Waals surface area contributed by atoms with Crippen molar-refractivity contribution in [1.29, 1.82) is 0 Å². The molecule has 3 aromatic rings. The van der Waals surface area contributed by atoms with Gasteiger partial charge in [-0.3, -0.25) is 9.59 Å². The summed E-state index contributed by atoms with van der Waals surface area (Å²) in [5, 5.41) is 4.02. The SMILES string of the molecule is CCn1c(=O)cc(C(C)C)c2cc(NC(=O)c3ccc(C4=IC4)cc3)ccc21. The third-order valence-corrected chi connectivity index (χ3v) is 7.22. The van der Waals surface area contributed by atoms with Crippen molar-refractivity contribution in [3.8, 4) is 0 Å². The van der Waals surface area contributed by atoms with Gasteiger partial charge in [-0.15, -0.1) is 20.7 Å². The Morgan fingerprint density at radius 1 is 1.14 bits per heavy atom. The molecule has 0 spiro atoms. The van der Waals surface area contributed by atoms with Crippen LogP contribution in [-0.4, -0.2) is 18.4 Å². The fraction of sp³-hybridized carbons (Fsp3) is 0.261. The zero-order valence-corrected chi connectivity index (χ0v) is 18.4. The van der Waals surface area contributed by atoms with Crippen molar-refractivity contribution in [2.45, 2.75) is 33.2 Å². The van der Waals surface area contributed by atoms with Gasteiger partial charge in [0.15, 0.2) is 0 Å². The summed E-state index contributed by atoms with van der Waals surface area (Å²) in [5.41, 5.74) is 4.62. The Labute approximate surface area is 174 Å². The predicted molar refractivity (Wildman–Crippen MR) is 125 cm³/mol. The van der Waals surface area contributed by atoms with Gasteiger partial charge in [0.25, 0.3) is 11.5 Å². The molecule has 0 fully saturated rings. The molecule has 0 saturated carbocycles. The minimum absolute atomic E-state index is 0.0199. The van der Waals surface area contributed by atoms with Crippen LogP contribution in [0.15, 0.2) is 53.3 Å². The lowest BCUT2D eigenvalue weighted by Crippen LogP contribution is -2.20. The first kappa shape index (κ1) is 19.1. The molecular weight excluding hydrogens is 463 g/mol. The number of alkyl halides is 1. The number of pyridine rings is 1. The van der Waals surface area contributed by atoms with Gasteiger partial charge in [0.2, 0.25) is 0 Å². The Morgan fingerprint density at radius 2 is 1.86 bits per heavy atom. The van der Waals surface area contributed by atoms with Crippen molar-refractivity contribution < 1.29 is 4.79 Å². The molecule has 5 heteroatoms. The molecular formula is C23H23IN2O2. The molecule has 2 aromatic carbocycles. The molecule has 2 heterocycles. The van der Waals surface area contributed by atoms with Gasteiger partial charge in [-0.25, -0.2) is 0 Å². The minimum atomic E-state index is -0.115. The lowest BCUT2D eigenvalue weighted by molar-refractivity contribution is 0.102. The molecule has 1 aliphatic rings. The maximum absolute atomic E-state index is 12.7. The monoisotopic (exact) mass is 486 g/mol. The molecule has 28 heavy (non-hydrogen) atoms. The molecule has 4 rings (SSSR count). The lowest BCUT2D eigenvalue weighted by Gasteiger charge is -2.16. The zero-order valence-electron chi connectivity index (χ0n) is 16.3. The molecule has 0 aliphatic carbocycles. The van der Waals surface area contributed by atoms with Gasteiger partial charge in [-0.1, -0.05) is 26.0 Å². The highest BCUT2D eigenvalue weighted by atomic mass is 127. The normalized spacial score (nSPS) is 13.2. The molecule has 0 unspecified atom stereocenters. The van der Waals surface area contributed by atoms with Crippen molar-refractivity contribution in [1.82, 2.24) is 4.57 Å². The molecule has 1 N–H and O–H groups in total. The molecule has 0 saturated heterocycles. The predicted octanol–water partition coefficient (Wildman–Crippen LogP) is 4.90. The third-order valence-electron chi connectivity index (χ3n) is 5.07. The highest BCUT2D eigenvalue weighted by Crippen LogP contribution is 2.28. The third kappa shape index (κ3) is 3.68. The maximum atomic E-state index is 12.7. The fourth-order valence-electron chi connectivity index (χ4n) is 3.49. The van der Waals surface area contributed by atoms with Gasteiger partial charge >= 0.3 is 0 Å². The number of rotatable bonds is 5. The highest BCUT2D eigenvalue weighted by molar-refractivity contribution is 14.2. The largest absolute Gasteiger partial charge is 0.322 e. The quantitative estimate of drug-likeness (QED) is 0.412.